The molecule has 98 valence electrons. The SMILES string of the molecule is NC(=O)CNS(=O)(=O)c1cc([N+](=O)[O-])ccc1F. The first-order valence-electron chi connectivity index (χ1n) is 4.46. The number of nitro benzene ring substituents is 1. The molecule has 0 aliphatic carbocycles. The zero-order chi connectivity index (χ0) is 13.9. The Balaban J connectivity index is 3.18. The number of halogens is 1. The van der Waals surface area contributed by atoms with Crippen LogP contribution in [0.3, 0.4) is 0 Å². The van der Waals surface area contributed by atoms with E-state index in [0.717, 1.165) is 6.07 Å². The van der Waals surface area contributed by atoms with Gasteiger partial charge < -0.3 is 5.73 Å². The molecule has 1 aromatic rings. The molecule has 8 nitrogen and oxygen atoms in total. The Morgan fingerprint density at radius 2 is 2.11 bits per heavy atom. The molecule has 0 fully saturated rings. The third-order valence-electron chi connectivity index (χ3n) is 1.85. The first-order chi connectivity index (χ1) is 8.24. The predicted octanol–water partition coefficient (Wildman–Crippen LogP) is -0.502. The van der Waals surface area contributed by atoms with Crippen molar-refractivity contribution in [3.8, 4) is 0 Å². The second kappa shape index (κ2) is 5.06. The third kappa shape index (κ3) is 3.21. The molecule has 0 aliphatic heterocycles. The summed E-state index contributed by atoms with van der Waals surface area (Å²) in [6, 6.07) is 2.03. The summed E-state index contributed by atoms with van der Waals surface area (Å²) in [6.07, 6.45) is 0. The maximum Gasteiger partial charge on any atom is 0.270 e. The lowest BCUT2D eigenvalue weighted by Gasteiger charge is -2.05. The molecule has 0 heterocycles. The van der Waals surface area contributed by atoms with Crippen molar-refractivity contribution in [2.24, 2.45) is 5.73 Å². The summed E-state index contributed by atoms with van der Waals surface area (Å²) in [7, 11) is -4.37. The highest BCUT2D eigenvalue weighted by Gasteiger charge is 2.22. The topological polar surface area (TPSA) is 132 Å². The molecule has 0 spiro atoms. The summed E-state index contributed by atoms with van der Waals surface area (Å²) in [4.78, 5) is 19.1. The number of hydrogen-bond acceptors (Lipinski definition) is 5. The fourth-order valence-electron chi connectivity index (χ4n) is 1.06. The minimum absolute atomic E-state index is 0.554. The van der Waals surface area contributed by atoms with Crippen molar-refractivity contribution in [2.75, 3.05) is 6.54 Å². The van der Waals surface area contributed by atoms with Gasteiger partial charge in [0.1, 0.15) is 10.7 Å². The van der Waals surface area contributed by atoms with Crippen molar-refractivity contribution in [3.05, 3.63) is 34.1 Å². The van der Waals surface area contributed by atoms with Crippen LogP contribution >= 0.6 is 0 Å². The Bertz CT molecular complexity index is 601. The normalized spacial score (nSPS) is 11.2. The van der Waals surface area contributed by atoms with Crippen molar-refractivity contribution in [1.29, 1.82) is 0 Å². The minimum atomic E-state index is -4.37. The molecule has 0 aromatic heterocycles. The minimum Gasteiger partial charge on any atom is -0.369 e. The molecule has 1 amide bonds. The van der Waals surface area contributed by atoms with Crippen LogP contribution in [-0.4, -0.2) is 25.8 Å². The molecule has 0 saturated heterocycles. The fourth-order valence-corrected chi connectivity index (χ4v) is 2.14. The maximum atomic E-state index is 13.3. The Labute approximate surface area is 101 Å². The number of benzene rings is 1. The van der Waals surface area contributed by atoms with Crippen molar-refractivity contribution in [3.63, 3.8) is 0 Å². The van der Waals surface area contributed by atoms with Gasteiger partial charge in [-0.3, -0.25) is 14.9 Å². The highest BCUT2D eigenvalue weighted by Crippen LogP contribution is 2.20. The lowest BCUT2D eigenvalue weighted by Crippen LogP contribution is -2.33. The van der Waals surface area contributed by atoms with Crippen molar-refractivity contribution in [2.45, 2.75) is 4.90 Å². The van der Waals surface area contributed by atoms with E-state index in [-0.39, 0.29) is 0 Å². The maximum absolute atomic E-state index is 13.3. The summed E-state index contributed by atoms with van der Waals surface area (Å²) in [5.74, 6) is -2.14. The second-order valence-electron chi connectivity index (χ2n) is 3.16. The summed E-state index contributed by atoms with van der Waals surface area (Å²) < 4.78 is 38.1. The first kappa shape index (κ1) is 14.0. The largest absolute Gasteiger partial charge is 0.369 e. The number of carbonyl (C=O) groups excluding carboxylic acids is 1. The highest BCUT2D eigenvalue weighted by atomic mass is 32.2. The van der Waals surface area contributed by atoms with Gasteiger partial charge in [-0.05, 0) is 6.07 Å². The van der Waals surface area contributed by atoms with Gasteiger partial charge in [0.25, 0.3) is 5.69 Å². The van der Waals surface area contributed by atoms with Crippen LogP contribution in [0.2, 0.25) is 0 Å². The van der Waals surface area contributed by atoms with E-state index in [1.165, 1.54) is 0 Å². The van der Waals surface area contributed by atoms with E-state index in [9.17, 15) is 27.7 Å². The van der Waals surface area contributed by atoms with E-state index in [1.54, 1.807) is 4.72 Å². The molecule has 10 heteroatoms. The van der Waals surface area contributed by atoms with E-state index >= 15 is 0 Å². The Morgan fingerprint density at radius 3 is 2.61 bits per heavy atom. The summed E-state index contributed by atoms with van der Waals surface area (Å²) >= 11 is 0. The van der Waals surface area contributed by atoms with E-state index in [1.807, 2.05) is 0 Å². The molecule has 0 bridgehead atoms. The lowest BCUT2D eigenvalue weighted by atomic mass is 10.3. The molecule has 0 saturated carbocycles. The van der Waals surface area contributed by atoms with E-state index < -0.39 is 43.8 Å². The highest BCUT2D eigenvalue weighted by molar-refractivity contribution is 7.89. The van der Waals surface area contributed by atoms with Gasteiger partial charge >= 0.3 is 0 Å². The van der Waals surface area contributed by atoms with Gasteiger partial charge in [0.2, 0.25) is 15.9 Å². The Kier molecular flexibility index (Phi) is 3.93. The quantitative estimate of drug-likeness (QED) is 0.553. The smallest absolute Gasteiger partial charge is 0.270 e. The number of carbonyl (C=O) groups is 1. The second-order valence-corrected chi connectivity index (χ2v) is 4.90. The molecular weight excluding hydrogens is 269 g/mol. The van der Waals surface area contributed by atoms with Crippen molar-refractivity contribution < 1.29 is 22.5 Å². The molecule has 0 unspecified atom stereocenters. The van der Waals surface area contributed by atoms with Gasteiger partial charge in [-0.1, -0.05) is 0 Å². The fraction of sp³-hybridized carbons (Fsp3) is 0.125. The molecule has 1 rings (SSSR count). The van der Waals surface area contributed by atoms with Crippen LogP contribution in [0, 0.1) is 15.9 Å². The van der Waals surface area contributed by atoms with Crippen LogP contribution in [0.4, 0.5) is 10.1 Å². The van der Waals surface area contributed by atoms with Crippen LogP contribution in [0.1, 0.15) is 0 Å². The van der Waals surface area contributed by atoms with Gasteiger partial charge in [0, 0.05) is 12.1 Å². The van der Waals surface area contributed by atoms with E-state index in [2.05, 4.69) is 0 Å². The van der Waals surface area contributed by atoms with Gasteiger partial charge in [-0.15, -0.1) is 0 Å². The average molecular weight is 277 g/mol. The van der Waals surface area contributed by atoms with E-state index in [0.29, 0.717) is 12.1 Å². The predicted molar refractivity (Wildman–Crippen MR) is 57.4 cm³/mol. The van der Waals surface area contributed by atoms with Crippen molar-refractivity contribution >= 4 is 21.6 Å². The number of nitro groups is 1. The molecule has 18 heavy (non-hydrogen) atoms. The number of sulfonamides is 1. The average Bonchev–Trinajstić information content (AvgIpc) is 2.26. The van der Waals surface area contributed by atoms with Gasteiger partial charge in [-0.25, -0.2) is 17.5 Å². The van der Waals surface area contributed by atoms with Gasteiger partial charge in [0.15, 0.2) is 0 Å². The van der Waals surface area contributed by atoms with Crippen LogP contribution < -0.4 is 10.5 Å². The molecule has 0 radical (unpaired) electrons. The zero-order valence-electron chi connectivity index (χ0n) is 8.79. The van der Waals surface area contributed by atoms with Crippen LogP contribution in [0.5, 0.6) is 0 Å². The number of hydrogen-bond donors (Lipinski definition) is 2. The van der Waals surface area contributed by atoms with Crippen LogP contribution in [0.25, 0.3) is 0 Å². The molecule has 0 atom stereocenters. The van der Waals surface area contributed by atoms with Crippen LogP contribution in [-0.2, 0) is 14.8 Å². The lowest BCUT2D eigenvalue weighted by molar-refractivity contribution is -0.385. The molecule has 0 aliphatic rings. The molecule has 1 aromatic carbocycles. The number of non-ortho nitro benzene ring substituents is 1. The Hall–Kier alpha value is -2.07. The number of amides is 1. The van der Waals surface area contributed by atoms with E-state index in [4.69, 9.17) is 5.73 Å². The van der Waals surface area contributed by atoms with Gasteiger partial charge in [-0.2, -0.15) is 0 Å². The molecule has 3 N–H and O–H groups in total. The third-order valence-corrected chi connectivity index (χ3v) is 3.27. The molecular formula is C8H8FN3O5S. The summed E-state index contributed by atoms with van der Waals surface area (Å²) in [6.45, 7) is -0.732. The summed E-state index contributed by atoms with van der Waals surface area (Å²) in [5, 5.41) is 10.5. The zero-order valence-corrected chi connectivity index (χ0v) is 9.61. The number of nitrogens with two attached hydrogens (primary N) is 1. The standard InChI is InChI=1S/C8H8FN3O5S/c9-6-2-1-5(12(14)15)3-7(6)18(16,17)11-4-8(10)13/h1-3,11H,4H2,(H2,10,13). The van der Waals surface area contributed by atoms with Gasteiger partial charge in [0.05, 0.1) is 11.5 Å². The van der Waals surface area contributed by atoms with Crippen LogP contribution in [0.15, 0.2) is 23.1 Å². The first-order valence-corrected chi connectivity index (χ1v) is 5.94. The number of nitrogens with zero attached hydrogens (tertiary/aromatic N) is 1. The number of primary amides is 1. The monoisotopic (exact) mass is 277 g/mol. The Morgan fingerprint density at radius 1 is 1.50 bits per heavy atom. The number of nitrogens with one attached hydrogen (secondary N) is 1. The number of rotatable bonds is 5. The summed E-state index contributed by atoms with van der Waals surface area (Å²) in [5.41, 5.74) is 4.14. The van der Waals surface area contributed by atoms with Crippen molar-refractivity contribution in [1.82, 2.24) is 4.72 Å².